The fraction of sp³-hybridized carbons (Fsp3) is 0.889. The van der Waals surface area contributed by atoms with Crippen LogP contribution in [0.25, 0.3) is 0 Å². The molecule has 0 bridgehead atoms. The van der Waals surface area contributed by atoms with Crippen LogP contribution in [0.1, 0.15) is 32.1 Å². The molecule has 1 aliphatic heterocycles. The van der Waals surface area contributed by atoms with Gasteiger partial charge in [-0.3, -0.25) is 4.79 Å². The number of primary amides is 1. The van der Waals surface area contributed by atoms with Crippen molar-refractivity contribution in [1.29, 1.82) is 0 Å². The predicted molar refractivity (Wildman–Crippen MR) is 46.5 cm³/mol. The third-order valence-corrected chi connectivity index (χ3v) is 3.21. The first kappa shape index (κ1) is 8.05. The Morgan fingerprint density at radius 3 is 2.75 bits per heavy atom. The minimum absolute atomic E-state index is 0.0434. The van der Waals surface area contributed by atoms with Crippen molar-refractivity contribution in [2.75, 3.05) is 0 Å². The van der Waals surface area contributed by atoms with E-state index in [1.54, 1.807) is 0 Å². The Morgan fingerprint density at radius 1 is 1.33 bits per heavy atom. The zero-order valence-electron chi connectivity index (χ0n) is 7.25. The number of hydrogen-bond donors (Lipinski definition) is 2. The van der Waals surface area contributed by atoms with Crippen LogP contribution in [-0.2, 0) is 4.79 Å². The second-order valence-electron chi connectivity index (χ2n) is 4.01. The van der Waals surface area contributed by atoms with Crippen LogP contribution in [0, 0.1) is 5.92 Å². The first-order chi connectivity index (χ1) is 5.77. The van der Waals surface area contributed by atoms with Gasteiger partial charge in [0.25, 0.3) is 0 Å². The SMILES string of the molecule is NC(=O)[C@H]1C[C@H]2CCCC[C@H]2N1. The molecule has 3 atom stereocenters. The molecule has 1 saturated heterocycles. The van der Waals surface area contributed by atoms with Crippen molar-refractivity contribution in [1.82, 2.24) is 5.32 Å². The van der Waals surface area contributed by atoms with Gasteiger partial charge < -0.3 is 11.1 Å². The maximum absolute atomic E-state index is 10.9. The monoisotopic (exact) mass is 168 g/mol. The van der Waals surface area contributed by atoms with Crippen LogP contribution < -0.4 is 11.1 Å². The molecular formula is C9H16N2O. The molecule has 0 aromatic carbocycles. The van der Waals surface area contributed by atoms with Gasteiger partial charge in [-0.15, -0.1) is 0 Å². The Kier molecular flexibility index (Phi) is 2.05. The first-order valence-electron chi connectivity index (χ1n) is 4.83. The lowest BCUT2D eigenvalue weighted by molar-refractivity contribution is -0.119. The normalized spacial score (nSPS) is 40.8. The van der Waals surface area contributed by atoms with E-state index in [9.17, 15) is 4.79 Å². The molecule has 3 N–H and O–H groups in total. The van der Waals surface area contributed by atoms with Gasteiger partial charge >= 0.3 is 0 Å². The quantitative estimate of drug-likeness (QED) is 0.595. The molecule has 0 aromatic heterocycles. The highest BCUT2D eigenvalue weighted by Crippen LogP contribution is 2.32. The molecule has 2 fully saturated rings. The highest BCUT2D eigenvalue weighted by Gasteiger charge is 2.37. The number of fused-ring (bicyclic) bond motifs is 1. The van der Waals surface area contributed by atoms with E-state index < -0.39 is 0 Å². The fourth-order valence-corrected chi connectivity index (χ4v) is 2.54. The molecule has 12 heavy (non-hydrogen) atoms. The molecule has 1 aliphatic carbocycles. The molecule has 1 heterocycles. The van der Waals surface area contributed by atoms with Crippen LogP contribution >= 0.6 is 0 Å². The van der Waals surface area contributed by atoms with E-state index in [-0.39, 0.29) is 11.9 Å². The van der Waals surface area contributed by atoms with Gasteiger partial charge in [0.05, 0.1) is 6.04 Å². The Labute approximate surface area is 72.7 Å². The average molecular weight is 168 g/mol. The number of nitrogens with one attached hydrogen (secondary N) is 1. The van der Waals surface area contributed by atoms with Crippen LogP contribution in [-0.4, -0.2) is 18.0 Å². The summed E-state index contributed by atoms with van der Waals surface area (Å²) >= 11 is 0. The molecular weight excluding hydrogens is 152 g/mol. The minimum Gasteiger partial charge on any atom is -0.368 e. The van der Waals surface area contributed by atoms with Crippen molar-refractivity contribution in [2.45, 2.75) is 44.2 Å². The molecule has 68 valence electrons. The van der Waals surface area contributed by atoms with Gasteiger partial charge in [0.2, 0.25) is 5.91 Å². The van der Waals surface area contributed by atoms with Gasteiger partial charge in [0.15, 0.2) is 0 Å². The van der Waals surface area contributed by atoms with Crippen LogP contribution in [0.4, 0.5) is 0 Å². The van der Waals surface area contributed by atoms with E-state index in [2.05, 4.69) is 5.32 Å². The molecule has 1 saturated carbocycles. The Balaban J connectivity index is 1.98. The summed E-state index contributed by atoms with van der Waals surface area (Å²) in [5.41, 5.74) is 5.25. The highest BCUT2D eigenvalue weighted by atomic mass is 16.1. The van der Waals surface area contributed by atoms with Crippen LogP contribution in [0.5, 0.6) is 0 Å². The summed E-state index contributed by atoms with van der Waals surface area (Å²) in [5.74, 6) is 0.542. The number of amides is 1. The zero-order chi connectivity index (χ0) is 8.55. The predicted octanol–water partition coefficient (Wildman–Crippen LogP) is 0.392. The molecule has 3 heteroatoms. The van der Waals surface area contributed by atoms with Crippen LogP contribution in [0.15, 0.2) is 0 Å². The second kappa shape index (κ2) is 3.05. The third-order valence-electron chi connectivity index (χ3n) is 3.21. The largest absolute Gasteiger partial charge is 0.368 e. The average Bonchev–Trinajstić information content (AvgIpc) is 2.46. The number of hydrogen-bond acceptors (Lipinski definition) is 2. The van der Waals surface area contributed by atoms with E-state index in [0.717, 1.165) is 12.3 Å². The van der Waals surface area contributed by atoms with Crippen molar-refractivity contribution >= 4 is 5.91 Å². The van der Waals surface area contributed by atoms with E-state index >= 15 is 0 Å². The maximum Gasteiger partial charge on any atom is 0.234 e. The molecule has 0 aromatic rings. The molecule has 0 spiro atoms. The third kappa shape index (κ3) is 1.33. The molecule has 2 rings (SSSR count). The summed E-state index contributed by atoms with van der Waals surface area (Å²) in [6, 6.07) is 0.536. The number of carbonyl (C=O) groups is 1. The molecule has 1 amide bonds. The lowest BCUT2D eigenvalue weighted by Crippen LogP contribution is -2.40. The maximum atomic E-state index is 10.9. The van der Waals surface area contributed by atoms with E-state index in [4.69, 9.17) is 5.73 Å². The summed E-state index contributed by atoms with van der Waals surface area (Å²) in [5, 5.41) is 3.32. The number of rotatable bonds is 1. The molecule has 0 unspecified atom stereocenters. The zero-order valence-corrected chi connectivity index (χ0v) is 7.25. The number of nitrogens with two attached hydrogens (primary N) is 1. The van der Waals surface area contributed by atoms with Crippen LogP contribution in [0.2, 0.25) is 0 Å². The summed E-state index contributed by atoms with van der Waals surface area (Å²) in [4.78, 5) is 10.9. The molecule has 0 radical (unpaired) electrons. The lowest BCUT2D eigenvalue weighted by atomic mass is 9.85. The molecule has 3 nitrogen and oxygen atoms in total. The standard InChI is InChI=1S/C9H16N2O/c10-9(12)8-5-6-3-1-2-4-7(6)11-8/h6-8,11H,1-5H2,(H2,10,12)/t6-,7-,8-/m1/s1. The first-order valence-corrected chi connectivity index (χ1v) is 4.83. The second-order valence-corrected chi connectivity index (χ2v) is 4.01. The summed E-state index contributed by atoms with van der Waals surface area (Å²) in [6.45, 7) is 0. The van der Waals surface area contributed by atoms with Crippen LogP contribution in [0.3, 0.4) is 0 Å². The Bertz CT molecular complexity index is 179. The van der Waals surface area contributed by atoms with Gasteiger partial charge in [-0.2, -0.15) is 0 Å². The van der Waals surface area contributed by atoms with Crippen molar-refractivity contribution in [2.24, 2.45) is 11.7 Å². The fourth-order valence-electron chi connectivity index (χ4n) is 2.54. The molecule has 2 aliphatic rings. The van der Waals surface area contributed by atoms with Crippen molar-refractivity contribution in [3.8, 4) is 0 Å². The topological polar surface area (TPSA) is 55.1 Å². The van der Waals surface area contributed by atoms with Gasteiger partial charge in [-0.25, -0.2) is 0 Å². The van der Waals surface area contributed by atoms with Gasteiger partial charge in [0.1, 0.15) is 0 Å². The van der Waals surface area contributed by atoms with Gasteiger partial charge in [0, 0.05) is 6.04 Å². The van der Waals surface area contributed by atoms with E-state index in [1.165, 1.54) is 25.7 Å². The number of carbonyl (C=O) groups excluding carboxylic acids is 1. The van der Waals surface area contributed by atoms with E-state index in [1.807, 2.05) is 0 Å². The Morgan fingerprint density at radius 2 is 2.08 bits per heavy atom. The van der Waals surface area contributed by atoms with Crippen molar-refractivity contribution in [3.63, 3.8) is 0 Å². The van der Waals surface area contributed by atoms with Gasteiger partial charge in [-0.05, 0) is 25.2 Å². The summed E-state index contributed by atoms with van der Waals surface area (Å²) in [6.07, 6.45) is 6.11. The van der Waals surface area contributed by atoms with Gasteiger partial charge in [-0.1, -0.05) is 12.8 Å². The minimum atomic E-state index is -0.176. The highest BCUT2D eigenvalue weighted by molar-refractivity contribution is 5.80. The summed E-state index contributed by atoms with van der Waals surface area (Å²) < 4.78 is 0. The smallest absolute Gasteiger partial charge is 0.234 e. The lowest BCUT2D eigenvalue weighted by Gasteiger charge is -2.24. The van der Waals surface area contributed by atoms with Crippen molar-refractivity contribution in [3.05, 3.63) is 0 Å². The van der Waals surface area contributed by atoms with E-state index in [0.29, 0.717) is 6.04 Å². The van der Waals surface area contributed by atoms with Crippen molar-refractivity contribution < 1.29 is 4.79 Å². The Hall–Kier alpha value is -0.570. The summed E-state index contributed by atoms with van der Waals surface area (Å²) in [7, 11) is 0.